The molecule has 2 aromatic carbocycles. The van der Waals surface area contributed by atoms with Crippen LogP contribution in [0, 0.1) is 0 Å². The zero-order chi connectivity index (χ0) is 19.1. The molecule has 0 bridgehead atoms. The number of Topliss-reactive ketones (excluding diaryl/α,β-unsaturated/α-hetero) is 1. The third-order valence-electron chi connectivity index (χ3n) is 3.61. The molecule has 0 radical (unpaired) electrons. The Morgan fingerprint density at radius 3 is 2.15 bits per heavy atom. The standard InChI is InChI=1S/C21H23ClO4/c1-14(2)25-21(24)12-15(3)26-19-10-6-17(7-11-19)20(23)13-16-4-8-18(22)9-5-16/h4-11,14-15H,12-13H2,1-3H3. The van der Waals surface area contributed by atoms with Crippen LogP contribution in [0.3, 0.4) is 0 Å². The fourth-order valence-corrected chi connectivity index (χ4v) is 2.55. The molecule has 26 heavy (non-hydrogen) atoms. The van der Waals surface area contributed by atoms with Crippen molar-refractivity contribution in [2.45, 2.75) is 45.8 Å². The number of hydrogen-bond donors (Lipinski definition) is 0. The van der Waals surface area contributed by atoms with Crippen molar-refractivity contribution in [1.29, 1.82) is 0 Å². The minimum atomic E-state index is -0.308. The van der Waals surface area contributed by atoms with Gasteiger partial charge in [0.05, 0.1) is 12.5 Å². The van der Waals surface area contributed by atoms with Gasteiger partial charge in [0.25, 0.3) is 0 Å². The van der Waals surface area contributed by atoms with Crippen LogP contribution in [-0.4, -0.2) is 24.0 Å². The van der Waals surface area contributed by atoms with Gasteiger partial charge in [-0.1, -0.05) is 23.7 Å². The Kier molecular flexibility index (Phi) is 7.22. The van der Waals surface area contributed by atoms with Gasteiger partial charge in [0.2, 0.25) is 0 Å². The van der Waals surface area contributed by atoms with Gasteiger partial charge < -0.3 is 9.47 Å². The van der Waals surface area contributed by atoms with Gasteiger partial charge in [-0.05, 0) is 62.7 Å². The summed E-state index contributed by atoms with van der Waals surface area (Å²) in [6.07, 6.45) is 0.0436. The summed E-state index contributed by atoms with van der Waals surface area (Å²) >= 11 is 5.85. The van der Waals surface area contributed by atoms with Gasteiger partial charge in [-0.2, -0.15) is 0 Å². The zero-order valence-electron chi connectivity index (χ0n) is 15.2. The predicted octanol–water partition coefficient (Wildman–Crippen LogP) is 4.87. The maximum atomic E-state index is 12.3. The lowest BCUT2D eigenvalue weighted by Gasteiger charge is -2.15. The molecule has 0 amide bonds. The van der Waals surface area contributed by atoms with Crippen LogP contribution in [0.15, 0.2) is 48.5 Å². The molecule has 0 fully saturated rings. The summed E-state index contributed by atoms with van der Waals surface area (Å²) in [5, 5.41) is 0.647. The number of rotatable bonds is 8. The number of hydrogen-bond acceptors (Lipinski definition) is 4. The Hall–Kier alpha value is -2.33. The first kappa shape index (κ1) is 20.0. The molecule has 0 aliphatic rings. The Balaban J connectivity index is 1.89. The van der Waals surface area contributed by atoms with E-state index in [1.807, 2.05) is 26.0 Å². The molecule has 2 aromatic rings. The molecule has 0 aliphatic heterocycles. The highest BCUT2D eigenvalue weighted by molar-refractivity contribution is 6.30. The van der Waals surface area contributed by atoms with E-state index in [9.17, 15) is 9.59 Å². The van der Waals surface area contributed by atoms with Gasteiger partial charge in [0.1, 0.15) is 11.9 Å². The van der Waals surface area contributed by atoms with Crippen LogP contribution in [0.5, 0.6) is 5.75 Å². The lowest BCUT2D eigenvalue weighted by Crippen LogP contribution is -2.21. The van der Waals surface area contributed by atoms with Crippen molar-refractivity contribution in [2.75, 3.05) is 0 Å². The van der Waals surface area contributed by atoms with E-state index in [-0.39, 0.29) is 30.4 Å². The summed E-state index contributed by atoms with van der Waals surface area (Å²) in [6.45, 7) is 5.42. The smallest absolute Gasteiger partial charge is 0.309 e. The first-order chi connectivity index (χ1) is 12.3. The molecule has 0 saturated carbocycles. The minimum absolute atomic E-state index is 0.0208. The van der Waals surface area contributed by atoms with Crippen molar-refractivity contribution in [1.82, 2.24) is 0 Å². The first-order valence-corrected chi connectivity index (χ1v) is 8.95. The Morgan fingerprint density at radius 2 is 1.58 bits per heavy atom. The Morgan fingerprint density at radius 1 is 0.962 bits per heavy atom. The van der Waals surface area contributed by atoms with Crippen LogP contribution in [0.25, 0.3) is 0 Å². The molecule has 0 N–H and O–H groups in total. The second kappa shape index (κ2) is 9.39. The molecule has 1 atom stereocenters. The molecule has 5 heteroatoms. The topological polar surface area (TPSA) is 52.6 Å². The van der Waals surface area contributed by atoms with E-state index >= 15 is 0 Å². The highest BCUT2D eigenvalue weighted by Gasteiger charge is 2.14. The fourth-order valence-electron chi connectivity index (χ4n) is 2.43. The van der Waals surface area contributed by atoms with Crippen LogP contribution in [0.1, 0.15) is 43.1 Å². The van der Waals surface area contributed by atoms with E-state index in [0.29, 0.717) is 22.8 Å². The van der Waals surface area contributed by atoms with Crippen LogP contribution in [-0.2, 0) is 16.0 Å². The van der Waals surface area contributed by atoms with Crippen LogP contribution in [0.4, 0.5) is 0 Å². The summed E-state index contributed by atoms with van der Waals surface area (Å²) < 4.78 is 10.8. The van der Waals surface area contributed by atoms with Gasteiger partial charge in [0.15, 0.2) is 5.78 Å². The molecular formula is C21H23ClO4. The molecule has 1 unspecified atom stereocenters. The van der Waals surface area contributed by atoms with Gasteiger partial charge >= 0.3 is 5.97 Å². The van der Waals surface area contributed by atoms with Gasteiger partial charge in [-0.3, -0.25) is 9.59 Å². The molecule has 4 nitrogen and oxygen atoms in total. The number of carbonyl (C=O) groups excluding carboxylic acids is 2. The second-order valence-electron chi connectivity index (χ2n) is 6.42. The molecule has 2 rings (SSSR count). The summed E-state index contributed by atoms with van der Waals surface area (Å²) in [5.41, 5.74) is 1.52. The van der Waals surface area contributed by atoms with Crippen molar-refractivity contribution >= 4 is 23.4 Å². The third kappa shape index (κ3) is 6.52. The maximum absolute atomic E-state index is 12.3. The normalized spacial score (nSPS) is 11.9. The molecular weight excluding hydrogens is 352 g/mol. The fraction of sp³-hybridized carbons (Fsp3) is 0.333. The highest BCUT2D eigenvalue weighted by atomic mass is 35.5. The second-order valence-corrected chi connectivity index (χ2v) is 6.86. The Bertz CT molecular complexity index is 736. The molecule has 0 spiro atoms. The monoisotopic (exact) mass is 374 g/mol. The van der Waals surface area contributed by atoms with Crippen molar-refractivity contribution in [3.8, 4) is 5.75 Å². The minimum Gasteiger partial charge on any atom is -0.490 e. The SMILES string of the molecule is CC(C)OC(=O)CC(C)Oc1ccc(C(=O)Cc2ccc(Cl)cc2)cc1. The quantitative estimate of drug-likeness (QED) is 0.488. The summed E-state index contributed by atoms with van der Waals surface area (Å²) in [7, 11) is 0. The lowest BCUT2D eigenvalue weighted by atomic mass is 10.0. The van der Waals surface area contributed by atoms with E-state index in [4.69, 9.17) is 21.1 Å². The van der Waals surface area contributed by atoms with Crippen LogP contribution < -0.4 is 4.74 Å². The molecule has 138 valence electrons. The van der Waals surface area contributed by atoms with Gasteiger partial charge in [-0.15, -0.1) is 0 Å². The number of ketones is 1. The zero-order valence-corrected chi connectivity index (χ0v) is 16.0. The number of carbonyl (C=O) groups is 2. The van der Waals surface area contributed by atoms with E-state index < -0.39 is 0 Å². The van der Waals surface area contributed by atoms with Crippen molar-refractivity contribution in [3.05, 3.63) is 64.7 Å². The van der Waals surface area contributed by atoms with E-state index in [1.54, 1.807) is 43.3 Å². The van der Waals surface area contributed by atoms with E-state index in [2.05, 4.69) is 0 Å². The Labute approximate surface area is 159 Å². The average Bonchev–Trinajstić information content (AvgIpc) is 2.56. The lowest BCUT2D eigenvalue weighted by molar-refractivity contribution is -0.149. The van der Waals surface area contributed by atoms with Crippen molar-refractivity contribution in [2.24, 2.45) is 0 Å². The summed E-state index contributed by atoms with van der Waals surface area (Å²) in [4.78, 5) is 24.0. The van der Waals surface area contributed by atoms with Gasteiger partial charge in [-0.25, -0.2) is 0 Å². The maximum Gasteiger partial charge on any atom is 0.309 e. The van der Waals surface area contributed by atoms with Crippen molar-refractivity contribution < 1.29 is 19.1 Å². The summed E-state index contributed by atoms with van der Waals surface area (Å²) in [5.74, 6) is 0.340. The van der Waals surface area contributed by atoms with Crippen LogP contribution in [0.2, 0.25) is 5.02 Å². The molecule has 0 aromatic heterocycles. The van der Waals surface area contributed by atoms with Crippen LogP contribution >= 0.6 is 11.6 Å². The predicted molar refractivity (Wildman–Crippen MR) is 102 cm³/mol. The number of halogens is 1. The van der Waals surface area contributed by atoms with E-state index in [1.165, 1.54) is 0 Å². The van der Waals surface area contributed by atoms with Crippen molar-refractivity contribution in [3.63, 3.8) is 0 Å². The molecule has 0 heterocycles. The number of ether oxygens (including phenoxy) is 2. The highest BCUT2D eigenvalue weighted by Crippen LogP contribution is 2.17. The molecule has 0 aliphatic carbocycles. The van der Waals surface area contributed by atoms with Gasteiger partial charge in [0, 0.05) is 17.0 Å². The summed E-state index contributed by atoms with van der Waals surface area (Å²) in [6, 6.07) is 14.2. The average molecular weight is 375 g/mol. The number of benzene rings is 2. The largest absolute Gasteiger partial charge is 0.490 e. The van der Waals surface area contributed by atoms with E-state index in [0.717, 1.165) is 5.56 Å². The first-order valence-electron chi connectivity index (χ1n) is 8.57. The molecule has 0 saturated heterocycles. The third-order valence-corrected chi connectivity index (χ3v) is 3.86. The number of esters is 1.